The molecule has 0 bridgehead atoms. The first kappa shape index (κ1) is 9.76. The molecule has 0 aliphatic rings. The summed E-state index contributed by atoms with van der Waals surface area (Å²) in [5, 5.41) is 25.9. The third-order valence-electron chi connectivity index (χ3n) is 1.46. The highest BCUT2D eigenvalue weighted by Gasteiger charge is 1.99. The summed E-state index contributed by atoms with van der Waals surface area (Å²) in [6.07, 6.45) is 1.20. The fourth-order valence-electron chi connectivity index (χ4n) is 0.936. The first-order valence-electron chi connectivity index (χ1n) is 3.67. The minimum atomic E-state index is -0.619. The van der Waals surface area contributed by atoms with Gasteiger partial charge in [-0.25, -0.2) is 4.39 Å². The maximum atomic E-state index is 12.7. The molecule has 4 heteroatoms. The number of halogens is 1. The van der Waals surface area contributed by atoms with Crippen LogP contribution in [0.1, 0.15) is 5.56 Å². The molecule has 68 valence electrons. The van der Waals surface area contributed by atoms with E-state index in [4.69, 9.17) is 15.6 Å². The van der Waals surface area contributed by atoms with Crippen molar-refractivity contribution in [3.8, 4) is 17.9 Å². The number of phenols is 1. The number of benzene rings is 1. The second-order valence-corrected chi connectivity index (χ2v) is 2.52. The summed E-state index contributed by atoms with van der Waals surface area (Å²) < 4.78 is 12.7. The number of hydrogen-bond acceptors (Lipinski definition) is 3. The summed E-state index contributed by atoms with van der Waals surface area (Å²) in [5.74, 6) is -0.863. The molecular weight excluding hydrogens is 183 g/mol. The quantitative estimate of drug-likeness (QED) is 0.685. The summed E-state index contributed by atoms with van der Waals surface area (Å²) >= 11 is 0. The van der Waals surface area contributed by atoms with Gasteiger partial charge in [-0.2, -0.15) is 10.5 Å². The number of allylic oxidation sites excluding steroid dienone is 1. The molecular formula is C10H5FN2O. The third-order valence-corrected chi connectivity index (χ3v) is 1.46. The highest BCUT2D eigenvalue weighted by atomic mass is 19.1. The molecule has 0 amide bonds. The van der Waals surface area contributed by atoms with Crippen LogP contribution in [0, 0.1) is 28.5 Å². The van der Waals surface area contributed by atoms with Crippen molar-refractivity contribution < 1.29 is 9.50 Å². The van der Waals surface area contributed by atoms with Gasteiger partial charge in [0.25, 0.3) is 0 Å². The fraction of sp³-hybridized carbons (Fsp3) is 0. The van der Waals surface area contributed by atoms with Crippen molar-refractivity contribution in [2.24, 2.45) is 0 Å². The Hall–Kier alpha value is -2.33. The van der Waals surface area contributed by atoms with Gasteiger partial charge in [0.15, 0.2) is 0 Å². The van der Waals surface area contributed by atoms with Crippen LogP contribution in [0.5, 0.6) is 5.75 Å². The Morgan fingerprint density at radius 3 is 2.43 bits per heavy atom. The number of aromatic hydroxyl groups is 1. The van der Waals surface area contributed by atoms with Crippen LogP contribution in [-0.2, 0) is 0 Å². The lowest BCUT2D eigenvalue weighted by molar-refractivity contribution is 0.469. The zero-order chi connectivity index (χ0) is 10.6. The van der Waals surface area contributed by atoms with Crippen molar-refractivity contribution in [2.75, 3.05) is 0 Å². The molecule has 14 heavy (non-hydrogen) atoms. The third kappa shape index (κ3) is 2.33. The Bertz CT molecular complexity index is 430. The molecule has 0 spiro atoms. The van der Waals surface area contributed by atoms with Crippen molar-refractivity contribution in [3.63, 3.8) is 0 Å². The summed E-state index contributed by atoms with van der Waals surface area (Å²) in [5.41, 5.74) is 0.135. The van der Waals surface area contributed by atoms with Gasteiger partial charge in [-0.3, -0.25) is 0 Å². The summed E-state index contributed by atoms with van der Waals surface area (Å²) in [7, 11) is 0. The van der Waals surface area contributed by atoms with Gasteiger partial charge in [-0.15, -0.1) is 0 Å². The van der Waals surface area contributed by atoms with E-state index in [2.05, 4.69) is 0 Å². The fourth-order valence-corrected chi connectivity index (χ4v) is 0.936. The summed E-state index contributed by atoms with van der Waals surface area (Å²) in [6, 6.07) is 6.59. The standard InChI is InChI=1S/C10H5FN2O/c11-9-2-7(3-10(14)4-9)1-8(5-12)6-13/h1-4,14H. The first-order valence-corrected chi connectivity index (χ1v) is 3.67. The van der Waals surface area contributed by atoms with Gasteiger partial charge in [0.2, 0.25) is 0 Å². The zero-order valence-electron chi connectivity index (χ0n) is 7.03. The molecule has 1 aromatic rings. The van der Waals surface area contributed by atoms with Gasteiger partial charge in [-0.1, -0.05) is 0 Å². The molecule has 1 aromatic carbocycles. The first-order chi connectivity index (χ1) is 6.65. The van der Waals surface area contributed by atoms with Gasteiger partial charge in [0, 0.05) is 6.07 Å². The van der Waals surface area contributed by atoms with Crippen molar-refractivity contribution in [3.05, 3.63) is 35.2 Å². The lowest BCUT2D eigenvalue weighted by Gasteiger charge is -1.95. The van der Waals surface area contributed by atoms with Crippen molar-refractivity contribution in [2.45, 2.75) is 0 Å². The highest BCUT2D eigenvalue weighted by Crippen LogP contribution is 2.16. The van der Waals surface area contributed by atoms with E-state index < -0.39 is 5.82 Å². The van der Waals surface area contributed by atoms with Gasteiger partial charge >= 0.3 is 0 Å². The minimum Gasteiger partial charge on any atom is -0.508 e. The molecule has 0 fully saturated rings. The normalized spacial score (nSPS) is 8.50. The van der Waals surface area contributed by atoms with Crippen LogP contribution in [0.15, 0.2) is 23.8 Å². The maximum absolute atomic E-state index is 12.7. The Kier molecular flexibility index (Phi) is 2.83. The van der Waals surface area contributed by atoms with Crippen LogP contribution < -0.4 is 0 Å². The average molecular weight is 188 g/mol. The van der Waals surface area contributed by atoms with Crippen LogP contribution in [-0.4, -0.2) is 5.11 Å². The van der Waals surface area contributed by atoms with Crippen molar-refractivity contribution in [1.82, 2.24) is 0 Å². The molecule has 0 aromatic heterocycles. The Labute approximate surface area is 79.9 Å². The minimum absolute atomic E-state index is 0.144. The second-order valence-electron chi connectivity index (χ2n) is 2.52. The lowest BCUT2D eigenvalue weighted by Crippen LogP contribution is -1.79. The number of rotatable bonds is 1. The molecule has 1 rings (SSSR count). The molecule has 0 saturated carbocycles. The molecule has 0 aliphatic carbocycles. The Balaban J connectivity index is 3.17. The van der Waals surface area contributed by atoms with Crippen LogP contribution in [0.25, 0.3) is 6.08 Å². The van der Waals surface area contributed by atoms with E-state index in [-0.39, 0.29) is 16.9 Å². The largest absolute Gasteiger partial charge is 0.508 e. The van der Waals surface area contributed by atoms with Crippen molar-refractivity contribution in [1.29, 1.82) is 10.5 Å². The lowest BCUT2D eigenvalue weighted by atomic mass is 10.1. The average Bonchev–Trinajstić information content (AvgIpc) is 2.12. The monoisotopic (exact) mass is 188 g/mol. The molecule has 1 N–H and O–H groups in total. The van der Waals surface area contributed by atoms with E-state index in [1.807, 2.05) is 0 Å². The van der Waals surface area contributed by atoms with E-state index in [0.29, 0.717) is 0 Å². The van der Waals surface area contributed by atoms with Gasteiger partial charge in [-0.05, 0) is 23.8 Å². The zero-order valence-corrected chi connectivity index (χ0v) is 7.03. The maximum Gasteiger partial charge on any atom is 0.130 e. The van der Waals surface area contributed by atoms with Gasteiger partial charge in [0.05, 0.1) is 0 Å². The molecule has 0 heterocycles. The molecule has 3 nitrogen and oxygen atoms in total. The van der Waals surface area contributed by atoms with E-state index >= 15 is 0 Å². The van der Waals surface area contributed by atoms with E-state index in [0.717, 1.165) is 12.1 Å². The highest BCUT2D eigenvalue weighted by molar-refractivity contribution is 5.62. The predicted octanol–water partition coefficient (Wildman–Crippen LogP) is 1.96. The predicted molar refractivity (Wildman–Crippen MR) is 47.3 cm³/mol. The second kappa shape index (κ2) is 4.06. The van der Waals surface area contributed by atoms with E-state index in [1.54, 1.807) is 12.1 Å². The molecule has 0 radical (unpaired) electrons. The summed E-state index contributed by atoms with van der Waals surface area (Å²) in [6.45, 7) is 0. The number of nitrogens with zero attached hydrogens (tertiary/aromatic N) is 2. The number of phenolic OH excluding ortho intramolecular Hbond substituents is 1. The van der Waals surface area contributed by atoms with Crippen molar-refractivity contribution >= 4 is 6.08 Å². The molecule has 0 saturated heterocycles. The number of hydrogen-bond donors (Lipinski definition) is 1. The smallest absolute Gasteiger partial charge is 0.130 e. The van der Waals surface area contributed by atoms with E-state index in [9.17, 15) is 4.39 Å². The number of nitriles is 2. The Morgan fingerprint density at radius 1 is 1.29 bits per heavy atom. The van der Waals surface area contributed by atoms with Crippen LogP contribution in [0.2, 0.25) is 0 Å². The molecule has 0 atom stereocenters. The topological polar surface area (TPSA) is 67.8 Å². The summed E-state index contributed by atoms with van der Waals surface area (Å²) in [4.78, 5) is 0. The Morgan fingerprint density at radius 2 is 1.93 bits per heavy atom. The van der Waals surface area contributed by atoms with Gasteiger partial charge < -0.3 is 5.11 Å². The van der Waals surface area contributed by atoms with Crippen LogP contribution >= 0.6 is 0 Å². The molecule has 0 aliphatic heterocycles. The van der Waals surface area contributed by atoms with Crippen LogP contribution in [0.4, 0.5) is 4.39 Å². The molecule has 0 unspecified atom stereocenters. The van der Waals surface area contributed by atoms with Crippen LogP contribution in [0.3, 0.4) is 0 Å². The SMILES string of the molecule is N#CC(C#N)=Cc1cc(O)cc(F)c1. The van der Waals surface area contributed by atoms with Gasteiger partial charge in [0.1, 0.15) is 29.3 Å². The van der Waals surface area contributed by atoms with E-state index in [1.165, 1.54) is 12.1 Å².